The maximum Gasteiger partial charge on any atom is 0.373 e. The lowest BCUT2D eigenvalue weighted by Crippen LogP contribution is -2.36. The van der Waals surface area contributed by atoms with Crippen LogP contribution in [0.1, 0.15) is 17.9 Å². The Hall–Kier alpha value is -2.88. The van der Waals surface area contributed by atoms with Gasteiger partial charge < -0.3 is 9.52 Å². The molecule has 23 heavy (non-hydrogen) atoms. The number of aryl methyl sites for hydroxylation is 1. The van der Waals surface area contributed by atoms with E-state index in [0.717, 1.165) is 17.5 Å². The Balaban J connectivity index is 1.86. The first-order chi connectivity index (χ1) is 11.2. The number of allylic oxidation sites excluding steroid dienone is 1. The maximum absolute atomic E-state index is 10.9. The van der Waals surface area contributed by atoms with E-state index in [9.17, 15) is 4.79 Å². The number of hydrogen-bond acceptors (Lipinski definition) is 2. The van der Waals surface area contributed by atoms with Gasteiger partial charge in [0.25, 0.3) is 5.52 Å². The van der Waals surface area contributed by atoms with Gasteiger partial charge in [0.05, 0.1) is 0 Å². The van der Waals surface area contributed by atoms with Gasteiger partial charge in [-0.3, -0.25) is 4.79 Å². The fourth-order valence-electron chi connectivity index (χ4n) is 2.52. The number of benzene rings is 2. The lowest BCUT2D eigenvalue weighted by molar-refractivity contribution is -0.677. The van der Waals surface area contributed by atoms with Gasteiger partial charge in [0.1, 0.15) is 6.42 Å². The molecule has 0 aliphatic carbocycles. The zero-order valence-electron chi connectivity index (χ0n) is 12.7. The largest absolute Gasteiger partial charge is 0.481 e. The molecular formula is C19H18NO3+. The molecule has 0 radical (unpaired) electrons. The van der Waals surface area contributed by atoms with Crippen LogP contribution in [0.25, 0.3) is 17.2 Å². The third-order valence-electron chi connectivity index (χ3n) is 3.64. The van der Waals surface area contributed by atoms with Crippen LogP contribution in [0.4, 0.5) is 0 Å². The fraction of sp³-hybridized carbons (Fsp3) is 0.158. The van der Waals surface area contributed by atoms with Crippen molar-refractivity contribution in [3.63, 3.8) is 0 Å². The number of aromatic nitrogens is 1. The number of fused-ring (bicyclic) bond motifs is 1. The standard InChI is InChI=1S/C19H17NO3/c21-19(22)13-14-20-16-10-4-5-11-17(16)23-18(20)12-6-9-15-7-2-1-3-8-15/h1-8,10-12H,9,13-14H2/p+1/b12-6+. The van der Waals surface area contributed by atoms with E-state index in [1.54, 1.807) is 0 Å². The summed E-state index contributed by atoms with van der Waals surface area (Å²) in [5, 5.41) is 8.94. The molecule has 0 spiro atoms. The summed E-state index contributed by atoms with van der Waals surface area (Å²) in [6.07, 6.45) is 4.81. The molecule has 0 fully saturated rings. The average Bonchev–Trinajstić information content (AvgIpc) is 2.91. The summed E-state index contributed by atoms with van der Waals surface area (Å²) in [6.45, 7) is 0.386. The van der Waals surface area contributed by atoms with Gasteiger partial charge in [0.2, 0.25) is 5.58 Å². The van der Waals surface area contributed by atoms with E-state index in [1.807, 2.05) is 59.2 Å². The maximum atomic E-state index is 10.9. The van der Waals surface area contributed by atoms with E-state index in [2.05, 4.69) is 12.1 Å². The van der Waals surface area contributed by atoms with Crippen LogP contribution in [0.15, 0.2) is 65.1 Å². The fourth-order valence-corrected chi connectivity index (χ4v) is 2.52. The van der Waals surface area contributed by atoms with Crippen molar-refractivity contribution in [1.82, 2.24) is 0 Å². The van der Waals surface area contributed by atoms with Crippen molar-refractivity contribution < 1.29 is 18.9 Å². The van der Waals surface area contributed by atoms with Crippen LogP contribution in [0.2, 0.25) is 0 Å². The molecule has 0 unspecified atom stereocenters. The minimum atomic E-state index is -0.818. The highest BCUT2D eigenvalue weighted by Crippen LogP contribution is 2.15. The van der Waals surface area contributed by atoms with Gasteiger partial charge in [-0.2, -0.15) is 4.57 Å². The molecule has 0 atom stereocenters. The SMILES string of the molecule is O=C(O)CC[n+]1c(/C=C/Cc2ccccc2)oc2ccccc21. The van der Waals surface area contributed by atoms with E-state index >= 15 is 0 Å². The molecule has 2 aromatic carbocycles. The van der Waals surface area contributed by atoms with Gasteiger partial charge in [-0.05, 0) is 18.1 Å². The van der Waals surface area contributed by atoms with Crippen molar-refractivity contribution >= 4 is 23.1 Å². The molecule has 4 heteroatoms. The van der Waals surface area contributed by atoms with Crippen LogP contribution >= 0.6 is 0 Å². The number of nitrogens with zero attached hydrogens (tertiary/aromatic N) is 1. The molecule has 1 heterocycles. The molecule has 0 saturated heterocycles. The van der Waals surface area contributed by atoms with E-state index < -0.39 is 5.97 Å². The molecule has 116 valence electrons. The van der Waals surface area contributed by atoms with Crippen LogP contribution in [0.5, 0.6) is 0 Å². The van der Waals surface area contributed by atoms with Gasteiger partial charge >= 0.3 is 11.9 Å². The normalized spacial score (nSPS) is 11.3. The Morgan fingerprint density at radius 1 is 1.09 bits per heavy atom. The molecule has 3 aromatic rings. The van der Waals surface area contributed by atoms with E-state index in [-0.39, 0.29) is 6.42 Å². The number of carboxylic acid groups (broad SMARTS) is 1. The predicted octanol–water partition coefficient (Wildman–Crippen LogP) is 3.45. The molecule has 1 aromatic heterocycles. The third-order valence-corrected chi connectivity index (χ3v) is 3.64. The van der Waals surface area contributed by atoms with Crippen molar-refractivity contribution in [2.75, 3.05) is 0 Å². The molecule has 4 nitrogen and oxygen atoms in total. The van der Waals surface area contributed by atoms with Crippen LogP contribution in [-0.4, -0.2) is 11.1 Å². The lowest BCUT2D eigenvalue weighted by atomic mass is 10.1. The molecule has 0 aliphatic rings. The summed E-state index contributed by atoms with van der Waals surface area (Å²) in [5.41, 5.74) is 2.89. The molecule has 0 aliphatic heterocycles. The van der Waals surface area contributed by atoms with Crippen LogP contribution in [0, 0.1) is 0 Å². The Morgan fingerprint density at radius 2 is 1.83 bits per heavy atom. The van der Waals surface area contributed by atoms with Crippen LogP contribution < -0.4 is 4.57 Å². The molecule has 0 bridgehead atoms. The van der Waals surface area contributed by atoms with Gasteiger partial charge in [-0.25, -0.2) is 0 Å². The summed E-state index contributed by atoms with van der Waals surface area (Å²) in [7, 11) is 0. The first kappa shape index (κ1) is 15.0. The topological polar surface area (TPSA) is 54.3 Å². The average molecular weight is 308 g/mol. The van der Waals surface area contributed by atoms with Crippen LogP contribution in [0.3, 0.4) is 0 Å². The van der Waals surface area contributed by atoms with Crippen molar-refractivity contribution in [3.05, 3.63) is 72.1 Å². The number of hydrogen-bond donors (Lipinski definition) is 1. The third kappa shape index (κ3) is 3.66. The van der Waals surface area contributed by atoms with Crippen molar-refractivity contribution in [3.8, 4) is 0 Å². The molecule has 0 amide bonds. The lowest BCUT2D eigenvalue weighted by Gasteiger charge is -1.94. The number of carboxylic acids is 1. The highest BCUT2D eigenvalue weighted by Gasteiger charge is 2.20. The molecule has 3 rings (SSSR count). The quantitative estimate of drug-likeness (QED) is 0.710. The van der Waals surface area contributed by atoms with Gasteiger partial charge in [0.15, 0.2) is 6.54 Å². The zero-order chi connectivity index (χ0) is 16.1. The smallest absolute Gasteiger partial charge is 0.373 e. The Morgan fingerprint density at radius 3 is 2.61 bits per heavy atom. The first-order valence-corrected chi connectivity index (χ1v) is 7.57. The Kier molecular flexibility index (Phi) is 4.52. The molecule has 1 N–H and O–H groups in total. The first-order valence-electron chi connectivity index (χ1n) is 7.57. The summed E-state index contributed by atoms with van der Waals surface area (Å²) in [4.78, 5) is 10.9. The number of rotatable bonds is 6. The summed E-state index contributed by atoms with van der Waals surface area (Å²) in [5.74, 6) is -0.148. The number of carbonyl (C=O) groups is 1. The predicted molar refractivity (Wildman–Crippen MR) is 87.8 cm³/mol. The molecular weight excluding hydrogens is 290 g/mol. The second-order valence-corrected chi connectivity index (χ2v) is 5.30. The highest BCUT2D eigenvalue weighted by molar-refractivity contribution is 5.70. The second-order valence-electron chi connectivity index (χ2n) is 5.30. The van der Waals surface area contributed by atoms with Crippen molar-refractivity contribution in [2.45, 2.75) is 19.4 Å². The summed E-state index contributed by atoms with van der Waals surface area (Å²) in [6, 6.07) is 17.8. The Labute approximate surface area is 134 Å². The molecule has 0 saturated carbocycles. The Bertz CT molecular complexity index is 834. The van der Waals surface area contributed by atoms with Gasteiger partial charge in [-0.1, -0.05) is 48.5 Å². The minimum Gasteiger partial charge on any atom is -0.481 e. The van der Waals surface area contributed by atoms with E-state index in [0.29, 0.717) is 12.4 Å². The van der Waals surface area contributed by atoms with Crippen molar-refractivity contribution in [2.24, 2.45) is 0 Å². The van der Waals surface area contributed by atoms with Gasteiger partial charge in [-0.15, -0.1) is 0 Å². The van der Waals surface area contributed by atoms with Crippen LogP contribution in [-0.2, 0) is 17.8 Å². The number of aliphatic carboxylic acids is 1. The van der Waals surface area contributed by atoms with Gasteiger partial charge in [0, 0.05) is 12.1 Å². The highest BCUT2D eigenvalue weighted by atomic mass is 16.4. The summed E-state index contributed by atoms with van der Waals surface area (Å²) < 4.78 is 7.76. The zero-order valence-corrected chi connectivity index (χ0v) is 12.7. The minimum absolute atomic E-state index is 0.0632. The van der Waals surface area contributed by atoms with Crippen molar-refractivity contribution in [1.29, 1.82) is 0 Å². The van der Waals surface area contributed by atoms with E-state index in [1.165, 1.54) is 5.56 Å². The van der Waals surface area contributed by atoms with E-state index in [4.69, 9.17) is 9.52 Å². The summed E-state index contributed by atoms with van der Waals surface area (Å²) >= 11 is 0. The number of oxazole rings is 1. The second kappa shape index (κ2) is 6.92. The monoisotopic (exact) mass is 308 g/mol. The number of para-hydroxylation sites is 2.